The van der Waals surface area contributed by atoms with Crippen LogP contribution in [0.4, 0.5) is 16.3 Å². The lowest BCUT2D eigenvalue weighted by atomic mass is 10.2. The van der Waals surface area contributed by atoms with E-state index in [1.54, 1.807) is 0 Å². The van der Waals surface area contributed by atoms with Crippen molar-refractivity contribution >= 4 is 29.4 Å². The SMILES string of the molecule is O=C(O)CNC(=O)c1ccc(NC(=O)Nc2cnccn2)cc1. The highest BCUT2D eigenvalue weighted by Crippen LogP contribution is 2.10. The molecule has 0 fully saturated rings. The number of hydrogen-bond donors (Lipinski definition) is 4. The van der Waals surface area contributed by atoms with Gasteiger partial charge in [0.1, 0.15) is 6.54 Å². The monoisotopic (exact) mass is 315 g/mol. The molecule has 4 N–H and O–H groups in total. The summed E-state index contributed by atoms with van der Waals surface area (Å²) in [5.74, 6) is -1.34. The average Bonchev–Trinajstić information content (AvgIpc) is 2.54. The first-order valence-electron chi connectivity index (χ1n) is 6.48. The Kier molecular flexibility index (Phi) is 5.18. The van der Waals surface area contributed by atoms with Gasteiger partial charge < -0.3 is 15.7 Å². The molecule has 0 bridgehead atoms. The third kappa shape index (κ3) is 5.08. The molecular weight excluding hydrogens is 302 g/mol. The highest BCUT2D eigenvalue weighted by atomic mass is 16.4. The number of carbonyl (C=O) groups is 3. The van der Waals surface area contributed by atoms with Gasteiger partial charge in [0, 0.05) is 23.6 Å². The van der Waals surface area contributed by atoms with Crippen molar-refractivity contribution in [3.05, 3.63) is 48.4 Å². The van der Waals surface area contributed by atoms with E-state index in [9.17, 15) is 14.4 Å². The van der Waals surface area contributed by atoms with E-state index in [1.165, 1.54) is 42.9 Å². The minimum atomic E-state index is -1.13. The molecule has 1 aromatic carbocycles. The summed E-state index contributed by atoms with van der Waals surface area (Å²) >= 11 is 0. The van der Waals surface area contributed by atoms with Crippen molar-refractivity contribution in [2.45, 2.75) is 0 Å². The number of carboxylic acid groups (broad SMARTS) is 1. The van der Waals surface area contributed by atoms with Crippen molar-refractivity contribution in [3.63, 3.8) is 0 Å². The second-order valence-corrected chi connectivity index (χ2v) is 4.32. The number of nitrogens with one attached hydrogen (secondary N) is 3. The Morgan fingerprint density at radius 2 is 1.78 bits per heavy atom. The molecule has 0 radical (unpaired) electrons. The molecule has 0 aliphatic heterocycles. The second kappa shape index (κ2) is 7.50. The number of aromatic nitrogens is 2. The maximum absolute atomic E-state index is 11.7. The number of hydrogen-bond acceptors (Lipinski definition) is 5. The van der Waals surface area contributed by atoms with Gasteiger partial charge in [-0.25, -0.2) is 9.78 Å². The number of anilines is 2. The zero-order valence-corrected chi connectivity index (χ0v) is 11.8. The van der Waals surface area contributed by atoms with Crippen molar-refractivity contribution in [1.82, 2.24) is 15.3 Å². The van der Waals surface area contributed by atoms with Crippen LogP contribution in [-0.4, -0.2) is 39.5 Å². The fourth-order valence-electron chi connectivity index (χ4n) is 1.61. The maximum atomic E-state index is 11.7. The molecule has 3 amide bonds. The van der Waals surface area contributed by atoms with E-state index in [0.29, 0.717) is 11.5 Å². The predicted molar refractivity (Wildman–Crippen MR) is 81.1 cm³/mol. The molecule has 0 aliphatic carbocycles. The van der Waals surface area contributed by atoms with Gasteiger partial charge in [0.05, 0.1) is 6.20 Å². The van der Waals surface area contributed by atoms with Crippen LogP contribution in [0.25, 0.3) is 0 Å². The number of carboxylic acids is 1. The number of benzene rings is 1. The molecule has 2 aromatic rings. The number of aliphatic carboxylic acids is 1. The largest absolute Gasteiger partial charge is 0.480 e. The molecule has 2 rings (SSSR count). The van der Waals surface area contributed by atoms with Gasteiger partial charge >= 0.3 is 12.0 Å². The summed E-state index contributed by atoms with van der Waals surface area (Å²) in [7, 11) is 0. The van der Waals surface area contributed by atoms with Crippen LogP contribution in [0.5, 0.6) is 0 Å². The first-order chi connectivity index (χ1) is 11.0. The first-order valence-corrected chi connectivity index (χ1v) is 6.48. The number of rotatable bonds is 5. The Morgan fingerprint density at radius 1 is 1.04 bits per heavy atom. The maximum Gasteiger partial charge on any atom is 0.324 e. The van der Waals surface area contributed by atoms with Crippen molar-refractivity contribution in [2.24, 2.45) is 0 Å². The van der Waals surface area contributed by atoms with E-state index in [0.717, 1.165) is 0 Å². The van der Waals surface area contributed by atoms with Crippen LogP contribution in [0.1, 0.15) is 10.4 Å². The highest BCUT2D eigenvalue weighted by Gasteiger charge is 2.08. The Hall–Kier alpha value is -3.49. The highest BCUT2D eigenvalue weighted by molar-refractivity contribution is 6.00. The molecule has 0 atom stereocenters. The topological polar surface area (TPSA) is 133 Å². The molecule has 0 unspecified atom stereocenters. The van der Waals surface area contributed by atoms with Crippen LogP contribution in [0.15, 0.2) is 42.9 Å². The second-order valence-electron chi connectivity index (χ2n) is 4.32. The van der Waals surface area contributed by atoms with Crippen molar-refractivity contribution < 1.29 is 19.5 Å². The van der Waals surface area contributed by atoms with Gasteiger partial charge in [-0.2, -0.15) is 0 Å². The summed E-state index contributed by atoms with van der Waals surface area (Å²) in [6.45, 7) is -0.459. The zero-order valence-electron chi connectivity index (χ0n) is 11.8. The fraction of sp³-hybridized carbons (Fsp3) is 0.0714. The average molecular weight is 315 g/mol. The molecule has 118 valence electrons. The predicted octanol–water partition coefficient (Wildman–Crippen LogP) is 0.935. The summed E-state index contributed by atoms with van der Waals surface area (Å²) < 4.78 is 0. The lowest BCUT2D eigenvalue weighted by Gasteiger charge is -2.07. The quantitative estimate of drug-likeness (QED) is 0.648. The van der Waals surface area contributed by atoms with Gasteiger partial charge in [0.2, 0.25) is 0 Å². The van der Waals surface area contributed by atoms with E-state index in [4.69, 9.17) is 5.11 Å². The molecule has 1 aromatic heterocycles. The number of nitrogens with zero attached hydrogens (tertiary/aromatic N) is 2. The zero-order chi connectivity index (χ0) is 16.7. The Bertz CT molecular complexity index is 703. The van der Waals surface area contributed by atoms with Crippen LogP contribution in [0.3, 0.4) is 0 Å². The van der Waals surface area contributed by atoms with Crippen LogP contribution in [-0.2, 0) is 4.79 Å². The van der Waals surface area contributed by atoms with Crippen LogP contribution in [0.2, 0.25) is 0 Å². The third-order valence-corrected chi connectivity index (χ3v) is 2.61. The molecule has 9 nitrogen and oxygen atoms in total. The van der Waals surface area contributed by atoms with Crippen LogP contribution in [0, 0.1) is 0 Å². The first kappa shape index (κ1) is 15.9. The molecule has 0 saturated carbocycles. The van der Waals surface area contributed by atoms with Crippen molar-refractivity contribution in [1.29, 1.82) is 0 Å². The summed E-state index contributed by atoms with van der Waals surface area (Å²) in [5, 5.41) is 15.8. The standard InChI is InChI=1S/C14H13N5O4/c20-12(21)8-17-13(22)9-1-3-10(4-2-9)18-14(23)19-11-7-15-5-6-16-11/h1-7H,8H2,(H,17,22)(H,20,21)(H2,16,18,19,23). The lowest BCUT2D eigenvalue weighted by Crippen LogP contribution is -2.29. The molecule has 0 saturated heterocycles. The number of urea groups is 1. The van der Waals surface area contributed by atoms with E-state index in [1.807, 2.05) is 0 Å². The summed E-state index contributed by atoms with van der Waals surface area (Å²) in [4.78, 5) is 41.5. The Labute approximate surface area is 130 Å². The third-order valence-electron chi connectivity index (χ3n) is 2.61. The minimum Gasteiger partial charge on any atom is -0.480 e. The van der Waals surface area contributed by atoms with Gasteiger partial charge in [-0.15, -0.1) is 0 Å². The van der Waals surface area contributed by atoms with Crippen LogP contribution < -0.4 is 16.0 Å². The van der Waals surface area contributed by atoms with Gasteiger partial charge in [0.15, 0.2) is 5.82 Å². The van der Waals surface area contributed by atoms with Gasteiger partial charge in [-0.1, -0.05) is 0 Å². The van der Waals surface area contributed by atoms with E-state index in [2.05, 4.69) is 25.9 Å². The molecule has 1 heterocycles. The van der Waals surface area contributed by atoms with Gasteiger partial charge in [0.25, 0.3) is 5.91 Å². The smallest absolute Gasteiger partial charge is 0.324 e. The van der Waals surface area contributed by atoms with Crippen molar-refractivity contribution in [2.75, 3.05) is 17.2 Å². The molecular formula is C14H13N5O4. The lowest BCUT2D eigenvalue weighted by molar-refractivity contribution is -0.135. The van der Waals surface area contributed by atoms with Gasteiger partial charge in [-0.05, 0) is 24.3 Å². The van der Waals surface area contributed by atoms with E-state index < -0.39 is 24.5 Å². The van der Waals surface area contributed by atoms with Crippen LogP contribution >= 0.6 is 0 Å². The number of amides is 3. The van der Waals surface area contributed by atoms with Crippen molar-refractivity contribution in [3.8, 4) is 0 Å². The van der Waals surface area contributed by atoms with E-state index in [-0.39, 0.29) is 5.56 Å². The Balaban J connectivity index is 1.90. The molecule has 0 aliphatic rings. The van der Waals surface area contributed by atoms with Gasteiger partial charge in [-0.3, -0.25) is 19.9 Å². The number of carbonyl (C=O) groups excluding carboxylic acids is 2. The fourth-order valence-corrected chi connectivity index (χ4v) is 1.61. The normalized spacial score (nSPS) is 9.74. The molecule has 23 heavy (non-hydrogen) atoms. The van der Waals surface area contributed by atoms with E-state index >= 15 is 0 Å². The summed E-state index contributed by atoms with van der Waals surface area (Å²) in [6, 6.07) is 5.47. The minimum absolute atomic E-state index is 0.283. The molecule has 0 spiro atoms. The Morgan fingerprint density at radius 3 is 2.39 bits per heavy atom. The summed E-state index contributed by atoms with van der Waals surface area (Å²) in [6.07, 6.45) is 4.33. The molecule has 9 heteroatoms. The summed E-state index contributed by atoms with van der Waals surface area (Å²) in [5.41, 5.74) is 0.743.